The molecule has 0 atom stereocenters. The molecular weight excluding hydrogens is 128 g/mol. The number of rotatable bonds is 2. The van der Waals surface area contributed by atoms with Gasteiger partial charge in [0, 0.05) is 5.88 Å². The van der Waals surface area contributed by atoms with Gasteiger partial charge in [-0.15, -0.1) is 11.6 Å². The molecule has 1 aliphatic heterocycles. The van der Waals surface area contributed by atoms with Gasteiger partial charge >= 0.3 is 0 Å². The van der Waals surface area contributed by atoms with E-state index >= 15 is 0 Å². The summed E-state index contributed by atoms with van der Waals surface area (Å²) in [5, 5.41) is 0. The molecule has 0 amide bonds. The fourth-order valence-electron chi connectivity index (χ4n) is 0.605. The summed E-state index contributed by atoms with van der Waals surface area (Å²) >= 11 is 7.53. The number of hydrogen-bond acceptors (Lipinski definition) is 1. The summed E-state index contributed by atoms with van der Waals surface area (Å²) in [6.07, 6.45) is 1.23. The van der Waals surface area contributed by atoms with E-state index in [1.54, 1.807) is 0 Å². The highest BCUT2D eigenvalue weighted by atomic mass is 35.5. The molecular formula is C5H9ClS. The third-order valence-corrected chi connectivity index (χ3v) is 2.86. The minimum absolute atomic E-state index is 0.852. The van der Waals surface area contributed by atoms with Crippen molar-refractivity contribution >= 4 is 23.4 Å². The van der Waals surface area contributed by atoms with Gasteiger partial charge in [-0.1, -0.05) is 0 Å². The van der Waals surface area contributed by atoms with Crippen LogP contribution in [0.5, 0.6) is 0 Å². The van der Waals surface area contributed by atoms with Crippen LogP contribution < -0.4 is 0 Å². The van der Waals surface area contributed by atoms with Gasteiger partial charge in [0.1, 0.15) is 0 Å². The Morgan fingerprint density at radius 1 is 1.57 bits per heavy atom. The maximum atomic E-state index is 5.50. The van der Waals surface area contributed by atoms with Crippen LogP contribution in [-0.2, 0) is 0 Å². The molecule has 0 aliphatic carbocycles. The third kappa shape index (κ3) is 1.54. The van der Waals surface area contributed by atoms with Crippen LogP contribution in [0.25, 0.3) is 0 Å². The number of alkyl halides is 1. The van der Waals surface area contributed by atoms with Crippen molar-refractivity contribution in [2.45, 2.75) is 6.42 Å². The standard InChI is InChI=1S/C5H9ClS/c6-2-1-5-3-7-4-5/h5H,1-4H2. The van der Waals surface area contributed by atoms with Crippen molar-refractivity contribution in [1.82, 2.24) is 0 Å². The minimum atomic E-state index is 0.852. The van der Waals surface area contributed by atoms with Crippen molar-refractivity contribution in [3.8, 4) is 0 Å². The predicted octanol–water partition coefficient (Wildman–Crippen LogP) is 1.98. The lowest BCUT2D eigenvalue weighted by molar-refractivity contribution is 0.620. The molecule has 0 saturated carbocycles. The Bertz CT molecular complexity index is 52.0. The predicted molar refractivity (Wildman–Crippen MR) is 36.2 cm³/mol. The molecule has 0 bridgehead atoms. The summed E-state index contributed by atoms with van der Waals surface area (Å²) in [5.41, 5.74) is 0. The van der Waals surface area contributed by atoms with Gasteiger partial charge in [0.05, 0.1) is 0 Å². The largest absolute Gasteiger partial charge is 0.161 e. The normalized spacial score (nSPS) is 21.9. The van der Waals surface area contributed by atoms with Crippen molar-refractivity contribution in [3.63, 3.8) is 0 Å². The zero-order valence-electron chi connectivity index (χ0n) is 4.19. The molecule has 42 valence electrons. The topological polar surface area (TPSA) is 0 Å². The Labute approximate surface area is 53.6 Å². The van der Waals surface area contributed by atoms with Crippen LogP contribution in [0.15, 0.2) is 0 Å². The second-order valence-electron chi connectivity index (χ2n) is 1.88. The van der Waals surface area contributed by atoms with Crippen LogP contribution in [0.4, 0.5) is 0 Å². The van der Waals surface area contributed by atoms with Crippen LogP contribution in [0.1, 0.15) is 6.42 Å². The van der Waals surface area contributed by atoms with Gasteiger partial charge in [0.15, 0.2) is 0 Å². The molecule has 1 rings (SSSR count). The fourth-order valence-corrected chi connectivity index (χ4v) is 1.82. The molecule has 0 nitrogen and oxygen atoms in total. The average molecular weight is 137 g/mol. The summed E-state index contributed by atoms with van der Waals surface area (Å²) < 4.78 is 0. The van der Waals surface area contributed by atoms with Gasteiger partial charge < -0.3 is 0 Å². The van der Waals surface area contributed by atoms with E-state index in [2.05, 4.69) is 0 Å². The van der Waals surface area contributed by atoms with Gasteiger partial charge in [-0.3, -0.25) is 0 Å². The number of thioether (sulfide) groups is 1. The molecule has 0 aromatic heterocycles. The van der Waals surface area contributed by atoms with E-state index in [9.17, 15) is 0 Å². The van der Waals surface area contributed by atoms with Crippen LogP contribution in [-0.4, -0.2) is 17.4 Å². The summed E-state index contributed by atoms with van der Waals surface area (Å²) in [6.45, 7) is 0. The third-order valence-electron chi connectivity index (χ3n) is 1.22. The molecule has 0 spiro atoms. The zero-order valence-corrected chi connectivity index (χ0v) is 5.76. The molecule has 0 aromatic carbocycles. The van der Waals surface area contributed by atoms with E-state index < -0.39 is 0 Å². The van der Waals surface area contributed by atoms with Gasteiger partial charge in [-0.2, -0.15) is 11.8 Å². The first-order valence-electron chi connectivity index (χ1n) is 2.57. The highest BCUT2D eigenvalue weighted by molar-refractivity contribution is 8.00. The highest BCUT2D eigenvalue weighted by Gasteiger charge is 2.16. The van der Waals surface area contributed by atoms with E-state index in [1.807, 2.05) is 11.8 Å². The maximum Gasteiger partial charge on any atom is 0.0226 e. The monoisotopic (exact) mass is 136 g/mol. The second-order valence-corrected chi connectivity index (χ2v) is 3.33. The summed E-state index contributed by atoms with van der Waals surface area (Å²) in [7, 11) is 0. The first-order valence-corrected chi connectivity index (χ1v) is 4.26. The van der Waals surface area contributed by atoms with Gasteiger partial charge in [0.2, 0.25) is 0 Å². The molecule has 1 saturated heterocycles. The van der Waals surface area contributed by atoms with Crippen LogP contribution in [0.2, 0.25) is 0 Å². The first kappa shape index (κ1) is 5.77. The van der Waals surface area contributed by atoms with E-state index in [0.717, 1.165) is 11.8 Å². The maximum absolute atomic E-state index is 5.50. The second kappa shape index (κ2) is 2.83. The van der Waals surface area contributed by atoms with E-state index in [0.29, 0.717) is 0 Å². The average Bonchev–Trinajstić information content (AvgIpc) is 1.55. The Kier molecular flexibility index (Phi) is 2.33. The minimum Gasteiger partial charge on any atom is -0.161 e. The molecule has 0 radical (unpaired) electrons. The highest BCUT2D eigenvalue weighted by Crippen LogP contribution is 2.27. The lowest BCUT2D eigenvalue weighted by Gasteiger charge is -2.23. The molecule has 2 heteroatoms. The van der Waals surface area contributed by atoms with Crippen molar-refractivity contribution in [2.75, 3.05) is 17.4 Å². The molecule has 1 fully saturated rings. The van der Waals surface area contributed by atoms with Crippen LogP contribution >= 0.6 is 23.4 Å². The molecule has 1 heterocycles. The first-order chi connectivity index (χ1) is 3.43. The Morgan fingerprint density at radius 3 is 2.43 bits per heavy atom. The zero-order chi connectivity index (χ0) is 5.11. The number of halogens is 1. The Balaban J connectivity index is 1.93. The SMILES string of the molecule is ClCCC1CSC1. The summed E-state index contributed by atoms with van der Waals surface area (Å²) in [4.78, 5) is 0. The molecule has 0 unspecified atom stereocenters. The van der Waals surface area contributed by atoms with Gasteiger partial charge in [-0.05, 0) is 23.8 Å². The lowest BCUT2D eigenvalue weighted by atomic mass is 10.1. The van der Waals surface area contributed by atoms with Crippen molar-refractivity contribution < 1.29 is 0 Å². The van der Waals surface area contributed by atoms with E-state index in [1.165, 1.54) is 17.9 Å². The van der Waals surface area contributed by atoms with Gasteiger partial charge in [0.25, 0.3) is 0 Å². The molecule has 0 aromatic rings. The van der Waals surface area contributed by atoms with E-state index in [-0.39, 0.29) is 0 Å². The number of hydrogen-bond donors (Lipinski definition) is 0. The van der Waals surface area contributed by atoms with Crippen molar-refractivity contribution in [3.05, 3.63) is 0 Å². The quantitative estimate of drug-likeness (QED) is 0.524. The van der Waals surface area contributed by atoms with Crippen LogP contribution in [0.3, 0.4) is 0 Å². The summed E-state index contributed by atoms with van der Waals surface area (Å²) in [6, 6.07) is 0. The summed E-state index contributed by atoms with van der Waals surface area (Å²) in [5.74, 6) is 4.52. The Morgan fingerprint density at radius 2 is 2.29 bits per heavy atom. The smallest absolute Gasteiger partial charge is 0.0226 e. The lowest BCUT2D eigenvalue weighted by Crippen LogP contribution is -2.17. The molecule has 1 aliphatic rings. The van der Waals surface area contributed by atoms with Crippen molar-refractivity contribution in [1.29, 1.82) is 0 Å². The van der Waals surface area contributed by atoms with Crippen LogP contribution in [0, 0.1) is 5.92 Å². The van der Waals surface area contributed by atoms with Gasteiger partial charge in [-0.25, -0.2) is 0 Å². The molecule has 0 N–H and O–H groups in total. The molecule has 7 heavy (non-hydrogen) atoms. The Hall–Kier alpha value is 0.640. The van der Waals surface area contributed by atoms with Crippen molar-refractivity contribution in [2.24, 2.45) is 5.92 Å². The van der Waals surface area contributed by atoms with E-state index in [4.69, 9.17) is 11.6 Å². The fraction of sp³-hybridized carbons (Fsp3) is 1.00.